The minimum Gasteiger partial charge on any atom is -0.444 e. The van der Waals surface area contributed by atoms with Crippen molar-refractivity contribution in [2.45, 2.75) is 72.4 Å². The third kappa shape index (κ3) is 10.3. The lowest BCUT2D eigenvalue weighted by atomic mass is 10.1. The average Bonchev–Trinajstić information content (AvgIpc) is 2.68. The van der Waals surface area contributed by atoms with Gasteiger partial charge in [0.15, 0.2) is 5.96 Å². The van der Waals surface area contributed by atoms with Gasteiger partial charge in [0, 0.05) is 39.3 Å². The van der Waals surface area contributed by atoms with Crippen LogP contribution in [-0.2, 0) is 22.6 Å². The van der Waals surface area contributed by atoms with Crippen LogP contribution in [0.5, 0.6) is 0 Å². The van der Waals surface area contributed by atoms with Crippen LogP contribution in [0.2, 0.25) is 0 Å². The number of ether oxygens (including phenoxy) is 2. The lowest BCUT2D eigenvalue weighted by Crippen LogP contribution is -2.44. The first-order chi connectivity index (χ1) is 15.1. The minimum absolute atomic E-state index is 0.281. The van der Waals surface area contributed by atoms with Crippen LogP contribution in [0, 0.1) is 0 Å². The number of rotatable bonds is 8. The Balaban J connectivity index is 1.78. The highest BCUT2D eigenvalue weighted by Crippen LogP contribution is 2.15. The number of nitrogens with one attached hydrogen (secondary N) is 3. The predicted molar refractivity (Wildman–Crippen MR) is 129 cm³/mol. The van der Waals surface area contributed by atoms with Crippen molar-refractivity contribution in [2.75, 3.05) is 32.7 Å². The Kier molecular flexibility index (Phi) is 10.3. The van der Waals surface area contributed by atoms with E-state index in [0.717, 1.165) is 37.7 Å². The van der Waals surface area contributed by atoms with Gasteiger partial charge in [-0.05, 0) is 52.7 Å². The van der Waals surface area contributed by atoms with Crippen LogP contribution >= 0.6 is 0 Å². The molecular weight excluding hydrogens is 406 g/mol. The fourth-order valence-electron chi connectivity index (χ4n) is 3.59. The highest BCUT2D eigenvalue weighted by molar-refractivity contribution is 5.79. The number of morpholine rings is 1. The molecule has 1 amide bonds. The van der Waals surface area contributed by atoms with Crippen molar-refractivity contribution >= 4 is 12.1 Å². The number of alkyl carbamates (subject to hydrolysis) is 1. The summed E-state index contributed by atoms with van der Waals surface area (Å²) in [4.78, 5) is 18.8. The van der Waals surface area contributed by atoms with E-state index >= 15 is 0 Å². The van der Waals surface area contributed by atoms with Gasteiger partial charge in [-0.15, -0.1) is 0 Å². The zero-order valence-corrected chi connectivity index (χ0v) is 20.5. The highest BCUT2D eigenvalue weighted by Gasteiger charge is 2.22. The Morgan fingerprint density at radius 3 is 2.25 bits per heavy atom. The zero-order chi connectivity index (χ0) is 23.6. The molecule has 0 saturated carbocycles. The van der Waals surface area contributed by atoms with Crippen molar-refractivity contribution in [3.8, 4) is 0 Å². The molecule has 1 heterocycles. The van der Waals surface area contributed by atoms with Gasteiger partial charge in [0.25, 0.3) is 0 Å². The number of hydrogen-bond acceptors (Lipinski definition) is 5. The fourth-order valence-corrected chi connectivity index (χ4v) is 3.59. The first-order valence-electron chi connectivity index (χ1n) is 11.6. The zero-order valence-electron chi connectivity index (χ0n) is 20.5. The molecule has 2 atom stereocenters. The molecule has 1 aromatic carbocycles. The van der Waals surface area contributed by atoms with Gasteiger partial charge in [0.2, 0.25) is 0 Å². The number of benzene rings is 1. The summed E-state index contributed by atoms with van der Waals surface area (Å²) in [5.74, 6) is 0.721. The molecule has 0 spiro atoms. The largest absolute Gasteiger partial charge is 0.444 e. The molecule has 1 aliphatic heterocycles. The maximum absolute atomic E-state index is 11.7. The lowest BCUT2D eigenvalue weighted by Gasteiger charge is -2.35. The molecule has 1 fully saturated rings. The molecule has 3 N–H and O–H groups in total. The van der Waals surface area contributed by atoms with Crippen molar-refractivity contribution in [1.82, 2.24) is 20.9 Å². The fraction of sp³-hybridized carbons (Fsp3) is 0.667. The number of hydrogen-bond donors (Lipinski definition) is 3. The quantitative estimate of drug-likeness (QED) is 0.323. The van der Waals surface area contributed by atoms with Crippen molar-refractivity contribution in [1.29, 1.82) is 0 Å². The predicted octanol–water partition coefficient (Wildman–Crippen LogP) is 2.88. The molecule has 0 aliphatic carbocycles. The molecular formula is C24H41N5O3. The molecule has 180 valence electrons. The molecule has 0 bridgehead atoms. The number of carbonyl (C=O) groups excluding carboxylic acids is 1. The van der Waals surface area contributed by atoms with Crippen LogP contribution in [-0.4, -0.2) is 67.5 Å². The summed E-state index contributed by atoms with van der Waals surface area (Å²) in [7, 11) is 0. The second-order valence-electron chi connectivity index (χ2n) is 9.32. The van der Waals surface area contributed by atoms with Crippen LogP contribution in [0.1, 0.15) is 52.7 Å². The van der Waals surface area contributed by atoms with E-state index in [0.29, 0.717) is 19.6 Å². The maximum atomic E-state index is 11.7. The van der Waals surface area contributed by atoms with Crippen molar-refractivity contribution in [3.63, 3.8) is 0 Å². The topological polar surface area (TPSA) is 87.2 Å². The summed E-state index contributed by atoms with van der Waals surface area (Å²) in [6.07, 6.45) is 0.148. The smallest absolute Gasteiger partial charge is 0.407 e. The highest BCUT2D eigenvalue weighted by atomic mass is 16.6. The van der Waals surface area contributed by atoms with E-state index in [4.69, 9.17) is 9.47 Å². The molecule has 32 heavy (non-hydrogen) atoms. The van der Waals surface area contributed by atoms with Gasteiger partial charge in [-0.1, -0.05) is 24.3 Å². The van der Waals surface area contributed by atoms with E-state index in [9.17, 15) is 4.79 Å². The second kappa shape index (κ2) is 12.6. The number of amides is 1. The summed E-state index contributed by atoms with van der Waals surface area (Å²) in [6.45, 7) is 17.1. The second-order valence-corrected chi connectivity index (χ2v) is 9.32. The molecule has 2 rings (SSSR count). The summed E-state index contributed by atoms with van der Waals surface area (Å²) in [5, 5.41) is 9.20. The first-order valence-corrected chi connectivity index (χ1v) is 11.6. The standard InChI is InChI=1S/C24H41N5O3/c1-7-25-22(26-12-13-27-23(30)32-24(4,5)6)28-14-20-8-10-21(11-9-20)17-29-15-18(2)31-19(3)16-29/h8-11,18-19H,7,12-17H2,1-6H3,(H,27,30)(H2,25,26,28). The molecule has 0 aromatic heterocycles. The third-order valence-corrected chi connectivity index (χ3v) is 4.77. The van der Waals surface area contributed by atoms with Crippen LogP contribution < -0.4 is 16.0 Å². The first kappa shape index (κ1) is 25.9. The van der Waals surface area contributed by atoms with E-state index in [1.165, 1.54) is 5.56 Å². The SMILES string of the molecule is CCNC(=NCc1ccc(CN2CC(C)OC(C)C2)cc1)NCCNC(=O)OC(C)(C)C. The van der Waals surface area contributed by atoms with Gasteiger partial charge in [0.05, 0.1) is 18.8 Å². The van der Waals surface area contributed by atoms with Crippen LogP contribution in [0.25, 0.3) is 0 Å². The van der Waals surface area contributed by atoms with E-state index in [-0.39, 0.29) is 12.2 Å². The number of aliphatic imine (C=N–C) groups is 1. The van der Waals surface area contributed by atoms with Gasteiger partial charge in [-0.2, -0.15) is 0 Å². The summed E-state index contributed by atoms with van der Waals surface area (Å²) < 4.78 is 11.1. The molecule has 0 radical (unpaired) electrons. The van der Waals surface area contributed by atoms with Crippen molar-refractivity contribution in [2.24, 2.45) is 4.99 Å². The number of carbonyl (C=O) groups is 1. The van der Waals surface area contributed by atoms with E-state index in [2.05, 4.69) is 64.0 Å². The van der Waals surface area contributed by atoms with E-state index < -0.39 is 11.7 Å². The number of nitrogens with zero attached hydrogens (tertiary/aromatic N) is 2. The van der Waals surface area contributed by atoms with Crippen LogP contribution in [0.3, 0.4) is 0 Å². The van der Waals surface area contributed by atoms with Gasteiger partial charge >= 0.3 is 6.09 Å². The lowest BCUT2D eigenvalue weighted by molar-refractivity contribution is -0.0704. The number of guanidine groups is 1. The Bertz CT molecular complexity index is 720. The third-order valence-electron chi connectivity index (χ3n) is 4.77. The molecule has 2 unspecified atom stereocenters. The summed E-state index contributed by atoms with van der Waals surface area (Å²) >= 11 is 0. The summed E-state index contributed by atoms with van der Waals surface area (Å²) in [5.41, 5.74) is 1.96. The Hall–Kier alpha value is -2.32. The average molecular weight is 448 g/mol. The van der Waals surface area contributed by atoms with Gasteiger partial charge in [-0.3, -0.25) is 4.90 Å². The van der Waals surface area contributed by atoms with Crippen molar-refractivity contribution in [3.05, 3.63) is 35.4 Å². The molecule has 1 saturated heterocycles. The van der Waals surface area contributed by atoms with Gasteiger partial charge in [0.1, 0.15) is 5.60 Å². The summed E-state index contributed by atoms with van der Waals surface area (Å²) in [6, 6.07) is 8.64. The minimum atomic E-state index is -0.498. The molecule has 8 heteroatoms. The Morgan fingerprint density at radius 2 is 1.66 bits per heavy atom. The Labute approximate surface area is 193 Å². The van der Waals surface area contributed by atoms with Crippen LogP contribution in [0.15, 0.2) is 29.3 Å². The monoisotopic (exact) mass is 447 g/mol. The Morgan fingerprint density at radius 1 is 1.06 bits per heavy atom. The van der Waals surface area contributed by atoms with Gasteiger partial charge in [-0.25, -0.2) is 9.79 Å². The van der Waals surface area contributed by atoms with Crippen LogP contribution in [0.4, 0.5) is 4.79 Å². The van der Waals surface area contributed by atoms with E-state index in [1.807, 2.05) is 27.7 Å². The van der Waals surface area contributed by atoms with E-state index in [1.54, 1.807) is 0 Å². The maximum Gasteiger partial charge on any atom is 0.407 e. The molecule has 1 aliphatic rings. The van der Waals surface area contributed by atoms with Gasteiger partial charge < -0.3 is 25.4 Å². The molecule has 1 aromatic rings. The normalized spacial score (nSPS) is 20.0. The molecule has 8 nitrogen and oxygen atoms in total. The van der Waals surface area contributed by atoms with Crippen molar-refractivity contribution < 1.29 is 14.3 Å².